The maximum absolute atomic E-state index is 13.8. The van der Waals surface area contributed by atoms with Crippen LogP contribution in [0, 0.1) is 5.92 Å². The number of pyridine rings is 1. The Labute approximate surface area is 145 Å². The van der Waals surface area contributed by atoms with Gasteiger partial charge < -0.3 is 15.0 Å². The number of rotatable bonds is 0. The molecule has 2 bridgehead atoms. The van der Waals surface area contributed by atoms with Crippen LogP contribution < -0.4 is 10.2 Å². The van der Waals surface area contributed by atoms with Gasteiger partial charge in [0.1, 0.15) is 29.2 Å². The van der Waals surface area contributed by atoms with Crippen LogP contribution in [0.4, 0.5) is 16.0 Å². The van der Waals surface area contributed by atoms with Crippen LogP contribution >= 0.6 is 0 Å². The fraction of sp³-hybridized carbons (Fsp3) is 0.389. The van der Waals surface area contributed by atoms with Crippen molar-refractivity contribution < 1.29 is 9.13 Å². The molecule has 25 heavy (non-hydrogen) atoms. The number of fused-ring (bicyclic) bond motifs is 2. The van der Waals surface area contributed by atoms with E-state index in [-0.39, 0.29) is 11.7 Å². The molecule has 0 spiro atoms. The highest BCUT2D eigenvalue weighted by atomic mass is 19.1. The zero-order valence-corrected chi connectivity index (χ0v) is 14.1. The highest BCUT2D eigenvalue weighted by Gasteiger charge is 2.24. The lowest BCUT2D eigenvalue weighted by atomic mass is 9.97. The molecule has 130 valence electrons. The van der Waals surface area contributed by atoms with Crippen molar-refractivity contribution in [2.45, 2.75) is 12.8 Å². The minimum atomic E-state index is -0.112. The molecular weight excluding hydrogens is 321 g/mol. The minimum Gasteiger partial charge on any atom is -0.497 e. The van der Waals surface area contributed by atoms with Gasteiger partial charge in [0, 0.05) is 32.5 Å². The first kappa shape index (κ1) is 15.8. The van der Waals surface area contributed by atoms with E-state index >= 15 is 0 Å². The van der Waals surface area contributed by atoms with Gasteiger partial charge in [-0.3, -0.25) is 0 Å². The zero-order valence-electron chi connectivity index (χ0n) is 14.1. The number of anilines is 2. The summed E-state index contributed by atoms with van der Waals surface area (Å²) in [7, 11) is 1.96. The number of aromatic nitrogens is 3. The predicted molar refractivity (Wildman–Crippen MR) is 95.0 cm³/mol. The van der Waals surface area contributed by atoms with E-state index in [2.05, 4.69) is 15.3 Å². The summed E-state index contributed by atoms with van der Waals surface area (Å²) in [6.07, 6.45) is 5.96. The van der Waals surface area contributed by atoms with Crippen LogP contribution in [-0.4, -0.2) is 41.7 Å². The van der Waals surface area contributed by atoms with Gasteiger partial charge in [0.15, 0.2) is 5.82 Å². The van der Waals surface area contributed by atoms with Crippen LogP contribution in [0.1, 0.15) is 12.8 Å². The fourth-order valence-electron chi connectivity index (χ4n) is 3.20. The van der Waals surface area contributed by atoms with Gasteiger partial charge in [-0.05, 0) is 30.7 Å². The molecule has 0 saturated heterocycles. The van der Waals surface area contributed by atoms with Crippen molar-refractivity contribution in [3.63, 3.8) is 0 Å². The predicted octanol–water partition coefficient (Wildman–Crippen LogP) is 3.05. The SMILES string of the molecule is CN1CC2CC(F)=CC=C2OCCCNc2ncnc3ccc1nc23. The summed E-state index contributed by atoms with van der Waals surface area (Å²) in [5.74, 6) is 2.24. The standard InChI is InChI=1S/C18H20FN5O/c1-24-10-12-9-13(19)3-5-15(12)25-8-2-7-20-18-17-14(21-11-22-18)4-6-16(24)23-17/h3-6,11-12H,2,7-10H2,1H3,(H,20,21,22). The van der Waals surface area contributed by atoms with E-state index < -0.39 is 0 Å². The first-order valence-electron chi connectivity index (χ1n) is 8.46. The summed E-state index contributed by atoms with van der Waals surface area (Å²) in [6, 6.07) is 3.87. The van der Waals surface area contributed by atoms with E-state index in [4.69, 9.17) is 9.72 Å². The molecule has 0 radical (unpaired) electrons. The molecule has 2 aliphatic rings. The molecule has 0 amide bonds. The van der Waals surface area contributed by atoms with Crippen molar-refractivity contribution in [1.29, 1.82) is 0 Å². The van der Waals surface area contributed by atoms with E-state index in [1.807, 2.05) is 24.1 Å². The van der Waals surface area contributed by atoms with E-state index in [1.54, 1.807) is 6.08 Å². The Morgan fingerprint density at radius 2 is 2.20 bits per heavy atom. The molecule has 0 saturated carbocycles. The Morgan fingerprint density at radius 1 is 1.28 bits per heavy atom. The Morgan fingerprint density at radius 3 is 3.12 bits per heavy atom. The second kappa shape index (κ2) is 6.66. The molecule has 1 atom stereocenters. The Kier molecular flexibility index (Phi) is 4.21. The molecule has 1 N–H and O–H groups in total. The molecule has 0 fully saturated rings. The van der Waals surface area contributed by atoms with E-state index in [0.29, 0.717) is 19.6 Å². The van der Waals surface area contributed by atoms with Crippen LogP contribution in [-0.2, 0) is 4.74 Å². The molecule has 1 aliphatic carbocycles. The monoisotopic (exact) mass is 341 g/mol. The van der Waals surface area contributed by atoms with Crippen molar-refractivity contribution in [2.75, 3.05) is 37.0 Å². The first-order valence-corrected chi connectivity index (χ1v) is 8.46. The number of hydrogen-bond donors (Lipinski definition) is 1. The van der Waals surface area contributed by atoms with Crippen molar-refractivity contribution in [3.8, 4) is 0 Å². The average Bonchev–Trinajstić information content (AvgIpc) is 2.63. The molecule has 2 aromatic rings. The van der Waals surface area contributed by atoms with Crippen molar-refractivity contribution >= 4 is 22.7 Å². The van der Waals surface area contributed by atoms with Gasteiger partial charge in [-0.25, -0.2) is 19.3 Å². The van der Waals surface area contributed by atoms with Gasteiger partial charge in [0.25, 0.3) is 0 Å². The maximum atomic E-state index is 13.8. The third-order valence-electron chi connectivity index (χ3n) is 4.51. The average molecular weight is 341 g/mol. The van der Waals surface area contributed by atoms with Crippen LogP contribution in [0.15, 0.2) is 42.2 Å². The summed E-state index contributed by atoms with van der Waals surface area (Å²) in [5, 5.41) is 3.31. The maximum Gasteiger partial charge on any atom is 0.156 e. The lowest BCUT2D eigenvalue weighted by molar-refractivity contribution is 0.172. The van der Waals surface area contributed by atoms with Crippen LogP contribution in [0.5, 0.6) is 0 Å². The molecule has 1 aliphatic heterocycles. The zero-order chi connectivity index (χ0) is 17.2. The van der Waals surface area contributed by atoms with Gasteiger partial charge >= 0.3 is 0 Å². The van der Waals surface area contributed by atoms with Gasteiger partial charge in [-0.15, -0.1) is 0 Å². The highest BCUT2D eigenvalue weighted by Crippen LogP contribution is 2.29. The van der Waals surface area contributed by atoms with Crippen LogP contribution in [0.3, 0.4) is 0 Å². The second-order valence-electron chi connectivity index (χ2n) is 6.35. The largest absolute Gasteiger partial charge is 0.497 e. The summed E-state index contributed by atoms with van der Waals surface area (Å²) >= 11 is 0. The highest BCUT2D eigenvalue weighted by molar-refractivity contribution is 5.86. The topological polar surface area (TPSA) is 63.2 Å². The summed E-state index contributed by atoms with van der Waals surface area (Å²) in [5.41, 5.74) is 1.55. The second-order valence-corrected chi connectivity index (χ2v) is 6.35. The molecule has 1 unspecified atom stereocenters. The molecule has 7 heteroatoms. The number of allylic oxidation sites excluding steroid dienone is 3. The molecule has 0 aromatic carbocycles. The lowest BCUT2D eigenvalue weighted by Gasteiger charge is -2.28. The van der Waals surface area contributed by atoms with Crippen molar-refractivity contribution in [2.24, 2.45) is 5.92 Å². The molecule has 4 rings (SSSR count). The smallest absolute Gasteiger partial charge is 0.156 e. The van der Waals surface area contributed by atoms with Gasteiger partial charge in [-0.2, -0.15) is 0 Å². The molecule has 2 aromatic heterocycles. The van der Waals surface area contributed by atoms with Crippen LogP contribution in [0.2, 0.25) is 0 Å². The molecule has 3 heterocycles. The Balaban J connectivity index is 1.71. The summed E-state index contributed by atoms with van der Waals surface area (Å²) < 4.78 is 19.7. The quantitative estimate of drug-likeness (QED) is 0.795. The van der Waals surface area contributed by atoms with Crippen molar-refractivity contribution in [3.05, 3.63) is 42.2 Å². The van der Waals surface area contributed by atoms with E-state index in [1.165, 1.54) is 12.4 Å². The molecule has 6 nitrogen and oxygen atoms in total. The van der Waals surface area contributed by atoms with Gasteiger partial charge in [0.05, 0.1) is 12.1 Å². The van der Waals surface area contributed by atoms with E-state index in [9.17, 15) is 4.39 Å². The van der Waals surface area contributed by atoms with Crippen molar-refractivity contribution in [1.82, 2.24) is 15.0 Å². The third kappa shape index (κ3) is 3.26. The van der Waals surface area contributed by atoms with Gasteiger partial charge in [0.2, 0.25) is 0 Å². The number of nitrogens with one attached hydrogen (secondary N) is 1. The van der Waals surface area contributed by atoms with E-state index in [0.717, 1.165) is 41.4 Å². The Hall–Kier alpha value is -2.70. The number of nitrogens with zero attached hydrogens (tertiary/aromatic N) is 4. The van der Waals surface area contributed by atoms with Crippen LogP contribution in [0.25, 0.3) is 11.0 Å². The number of halogens is 1. The molecular formula is C18H20FN5O. The summed E-state index contributed by atoms with van der Waals surface area (Å²) in [4.78, 5) is 15.3. The lowest BCUT2D eigenvalue weighted by Crippen LogP contribution is -2.29. The normalized spacial score (nSPS) is 21.0. The number of hydrogen-bond acceptors (Lipinski definition) is 6. The number of ether oxygens (including phenoxy) is 1. The third-order valence-corrected chi connectivity index (χ3v) is 4.51. The van der Waals surface area contributed by atoms with Gasteiger partial charge in [-0.1, -0.05) is 0 Å². The first-order chi connectivity index (χ1) is 12.2. The minimum absolute atomic E-state index is 0.0206. The Bertz CT molecular complexity index is 850. The summed E-state index contributed by atoms with van der Waals surface area (Å²) in [6.45, 7) is 1.92. The fourth-order valence-corrected chi connectivity index (χ4v) is 3.20.